The molecule has 0 saturated carbocycles. The van der Waals surface area contributed by atoms with E-state index in [2.05, 4.69) is 15.6 Å². The van der Waals surface area contributed by atoms with Gasteiger partial charge in [-0.15, -0.1) is 0 Å². The molecule has 0 aliphatic rings. The lowest BCUT2D eigenvalue weighted by molar-refractivity contribution is -0.116. The van der Waals surface area contributed by atoms with Crippen LogP contribution >= 0.6 is 22.9 Å². The van der Waals surface area contributed by atoms with Gasteiger partial charge in [-0.2, -0.15) is 0 Å². The number of hydrogen-bond acceptors (Lipinski definition) is 5. The van der Waals surface area contributed by atoms with Crippen LogP contribution in [0, 0.1) is 0 Å². The van der Waals surface area contributed by atoms with Crippen LogP contribution in [-0.4, -0.2) is 29.9 Å². The molecule has 0 unspecified atom stereocenters. The number of amides is 2. The summed E-state index contributed by atoms with van der Waals surface area (Å²) < 4.78 is 6.40. The third-order valence-electron chi connectivity index (χ3n) is 3.67. The fraction of sp³-hybridized carbons (Fsp3) is 0.211. The molecule has 3 aromatic rings. The van der Waals surface area contributed by atoms with Crippen LogP contribution in [0.1, 0.15) is 23.7 Å². The van der Waals surface area contributed by atoms with Crippen LogP contribution in [0.25, 0.3) is 10.2 Å². The molecule has 0 atom stereocenters. The Morgan fingerprint density at radius 2 is 2.04 bits per heavy atom. The van der Waals surface area contributed by atoms with Crippen LogP contribution in [-0.2, 0) is 4.79 Å². The Balaban J connectivity index is 1.52. The highest BCUT2D eigenvalue weighted by molar-refractivity contribution is 7.22. The Morgan fingerprint density at radius 3 is 2.81 bits per heavy atom. The van der Waals surface area contributed by atoms with Crippen LogP contribution in [0.5, 0.6) is 5.75 Å². The first-order valence-electron chi connectivity index (χ1n) is 8.43. The Kier molecular flexibility index (Phi) is 6.26. The number of hydrogen-bond donors (Lipinski definition) is 2. The van der Waals surface area contributed by atoms with Crippen molar-refractivity contribution >= 4 is 50.1 Å². The summed E-state index contributed by atoms with van der Waals surface area (Å²) in [4.78, 5) is 28.5. The molecule has 2 aromatic carbocycles. The number of thiazole rings is 1. The number of fused-ring (bicyclic) bond motifs is 1. The number of benzene rings is 2. The van der Waals surface area contributed by atoms with Crippen molar-refractivity contribution < 1.29 is 14.3 Å². The van der Waals surface area contributed by atoms with E-state index in [4.69, 9.17) is 16.3 Å². The number of halogens is 1. The number of carbonyl (C=O) groups excluding carboxylic acids is 2. The van der Waals surface area contributed by atoms with Crippen molar-refractivity contribution in [3.63, 3.8) is 0 Å². The van der Waals surface area contributed by atoms with Crippen molar-refractivity contribution in [2.24, 2.45) is 0 Å². The molecule has 0 aliphatic carbocycles. The van der Waals surface area contributed by atoms with E-state index in [1.165, 1.54) is 11.3 Å². The zero-order valence-electron chi connectivity index (χ0n) is 14.6. The quantitative estimate of drug-likeness (QED) is 0.622. The highest BCUT2D eigenvalue weighted by atomic mass is 35.5. The smallest absolute Gasteiger partial charge is 0.252 e. The molecule has 1 aromatic heterocycles. The number of carbonyl (C=O) groups is 2. The van der Waals surface area contributed by atoms with Crippen LogP contribution in [0.15, 0.2) is 42.5 Å². The summed E-state index contributed by atoms with van der Waals surface area (Å²) in [5.74, 6) is 0.240. The van der Waals surface area contributed by atoms with Gasteiger partial charge in [0.2, 0.25) is 5.91 Å². The first kappa shape index (κ1) is 19.1. The fourth-order valence-corrected chi connectivity index (χ4v) is 3.56. The van der Waals surface area contributed by atoms with Crippen molar-refractivity contribution in [1.29, 1.82) is 0 Å². The molecule has 6 nitrogen and oxygen atoms in total. The van der Waals surface area contributed by atoms with Gasteiger partial charge in [0.1, 0.15) is 5.75 Å². The van der Waals surface area contributed by atoms with E-state index in [9.17, 15) is 9.59 Å². The third kappa shape index (κ3) is 4.96. The molecule has 0 radical (unpaired) electrons. The average molecular weight is 404 g/mol. The molecule has 2 N–H and O–H groups in total. The number of aromatic nitrogens is 1. The maximum absolute atomic E-state index is 12.1. The molecular formula is C19H18ClN3O3S. The maximum atomic E-state index is 12.1. The molecule has 27 heavy (non-hydrogen) atoms. The van der Waals surface area contributed by atoms with Crippen LogP contribution in [0.2, 0.25) is 5.02 Å². The molecule has 0 aliphatic heterocycles. The number of rotatable bonds is 7. The van der Waals surface area contributed by atoms with Crippen molar-refractivity contribution in [1.82, 2.24) is 10.3 Å². The standard InChI is InChI=1S/C19H18ClN3O3S/c1-2-26-12-7-8-15-16(11-12)27-19(22-15)23-17(24)9-10-21-18(25)13-5-3-4-6-14(13)20/h3-8,11H,2,9-10H2,1H3,(H,21,25)(H,22,23,24). The topological polar surface area (TPSA) is 80.3 Å². The monoisotopic (exact) mass is 403 g/mol. The summed E-state index contributed by atoms with van der Waals surface area (Å²) in [5.41, 5.74) is 1.18. The van der Waals surface area contributed by atoms with Crippen molar-refractivity contribution in [2.45, 2.75) is 13.3 Å². The van der Waals surface area contributed by atoms with Gasteiger partial charge in [-0.05, 0) is 37.3 Å². The van der Waals surface area contributed by atoms with E-state index in [0.717, 1.165) is 16.0 Å². The second-order valence-electron chi connectivity index (χ2n) is 5.62. The predicted molar refractivity (Wildman–Crippen MR) is 108 cm³/mol. The minimum atomic E-state index is -0.308. The van der Waals surface area contributed by atoms with Gasteiger partial charge in [0.25, 0.3) is 5.91 Å². The molecule has 0 fully saturated rings. The molecule has 140 valence electrons. The summed E-state index contributed by atoms with van der Waals surface area (Å²) in [6, 6.07) is 12.4. The summed E-state index contributed by atoms with van der Waals surface area (Å²) in [6.07, 6.45) is 0.135. The lowest BCUT2D eigenvalue weighted by Gasteiger charge is -2.06. The minimum Gasteiger partial charge on any atom is -0.494 e. The summed E-state index contributed by atoms with van der Waals surface area (Å²) in [6.45, 7) is 2.72. The Labute approximate surface area is 165 Å². The maximum Gasteiger partial charge on any atom is 0.252 e. The van der Waals surface area contributed by atoms with Crippen LogP contribution in [0.4, 0.5) is 5.13 Å². The van der Waals surface area contributed by atoms with E-state index in [1.54, 1.807) is 24.3 Å². The molecule has 0 spiro atoms. The average Bonchev–Trinajstić information content (AvgIpc) is 3.03. The minimum absolute atomic E-state index is 0.135. The highest BCUT2D eigenvalue weighted by Crippen LogP contribution is 2.29. The van der Waals surface area contributed by atoms with Gasteiger partial charge in [-0.25, -0.2) is 4.98 Å². The second-order valence-corrected chi connectivity index (χ2v) is 7.05. The molecule has 2 amide bonds. The van der Waals surface area contributed by atoms with E-state index in [0.29, 0.717) is 22.3 Å². The molecule has 1 heterocycles. The highest BCUT2D eigenvalue weighted by Gasteiger charge is 2.11. The summed E-state index contributed by atoms with van der Waals surface area (Å²) in [7, 11) is 0. The number of ether oxygens (including phenoxy) is 1. The number of nitrogens with one attached hydrogen (secondary N) is 2. The molecule has 3 rings (SSSR count). The lowest BCUT2D eigenvalue weighted by Crippen LogP contribution is -2.27. The summed E-state index contributed by atoms with van der Waals surface area (Å²) >= 11 is 7.36. The Morgan fingerprint density at radius 1 is 1.22 bits per heavy atom. The Hall–Kier alpha value is -2.64. The molecule has 0 bridgehead atoms. The first-order valence-corrected chi connectivity index (χ1v) is 9.62. The van der Waals surface area contributed by atoms with Crippen molar-refractivity contribution in [2.75, 3.05) is 18.5 Å². The van der Waals surface area contributed by atoms with Gasteiger partial charge < -0.3 is 15.4 Å². The van der Waals surface area contributed by atoms with Gasteiger partial charge >= 0.3 is 0 Å². The number of nitrogens with zero attached hydrogens (tertiary/aromatic N) is 1. The number of anilines is 1. The van der Waals surface area contributed by atoms with Crippen molar-refractivity contribution in [3.05, 3.63) is 53.1 Å². The zero-order chi connectivity index (χ0) is 19.2. The normalized spacial score (nSPS) is 10.6. The first-order chi connectivity index (χ1) is 13.1. The van der Waals surface area contributed by atoms with E-state index in [-0.39, 0.29) is 24.8 Å². The van der Waals surface area contributed by atoms with E-state index >= 15 is 0 Å². The SMILES string of the molecule is CCOc1ccc2nc(NC(=O)CCNC(=O)c3ccccc3Cl)sc2c1. The fourth-order valence-electron chi connectivity index (χ4n) is 2.43. The van der Waals surface area contributed by atoms with Gasteiger partial charge in [0.15, 0.2) is 5.13 Å². The third-order valence-corrected chi connectivity index (χ3v) is 4.94. The molecule has 0 saturated heterocycles. The lowest BCUT2D eigenvalue weighted by atomic mass is 10.2. The Bertz CT molecular complexity index is 974. The van der Waals surface area contributed by atoms with E-state index in [1.807, 2.05) is 25.1 Å². The zero-order valence-corrected chi connectivity index (χ0v) is 16.2. The molecule has 8 heteroatoms. The second kappa shape index (κ2) is 8.83. The largest absolute Gasteiger partial charge is 0.494 e. The summed E-state index contributed by atoms with van der Waals surface area (Å²) in [5, 5.41) is 6.34. The van der Waals surface area contributed by atoms with E-state index < -0.39 is 0 Å². The van der Waals surface area contributed by atoms with Crippen molar-refractivity contribution in [3.8, 4) is 5.75 Å². The molecular weight excluding hydrogens is 386 g/mol. The van der Waals surface area contributed by atoms with Crippen LogP contribution in [0.3, 0.4) is 0 Å². The predicted octanol–water partition coefficient (Wildman–Crippen LogP) is 4.11. The van der Waals surface area contributed by atoms with Gasteiger partial charge in [-0.3, -0.25) is 9.59 Å². The van der Waals surface area contributed by atoms with Gasteiger partial charge in [-0.1, -0.05) is 35.1 Å². The van der Waals surface area contributed by atoms with Gasteiger partial charge in [0, 0.05) is 13.0 Å². The van der Waals surface area contributed by atoms with Crippen LogP contribution < -0.4 is 15.4 Å². The van der Waals surface area contributed by atoms with Gasteiger partial charge in [0.05, 0.1) is 27.4 Å².